The van der Waals surface area contributed by atoms with Gasteiger partial charge in [0.05, 0.1) is 17.7 Å². The molecule has 2 aromatic rings. The molecule has 3 rings (SSSR count). The normalized spacial score (nSPS) is 14.4. The fourth-order valence-electron chi connectivity index (χ4n) is 4.45. The summed E-state index contributed by atoms with van der Waals surface area (Å²) in [7, 11) is 0. The lowest BCUT2D eigenvalue weighted by Gasteiger charge is -2.15. The summed E-state index contributed by atoms with van der Waals surface area (Å²) in [5.74, 6) is -3.75. The van der Waals surface area contributed by atoms with E-state index in [0.29, 0.717) is 47.1 Å². The van der Waals surface area contributed by atoms with Crippen LogP contribution < -0.4 is 5.32 Å². The number of hydrogen-bond acceptors (Lipinski definition) is 5. The monoisotopic (exact) mass is 704 g/mol. The van der Waals surface area contributed by atoms with Crippen LogP contribution in [0.4, 0.5) is 36.4 Å². The number of benzene rings is 2. The summed E-state index contributed by atoms with van der Waals surface area (Å²) in [6, 6.07) is 8.04. The van der Waals surface area contributed by atoms with E-state index in [9.17, 15) is 40.3 Å². The summed E-state index contributed by atoms with van der Waals surface area (Å²) in [5.41, 5.74) is 0.504. The van der Waals surface area contributed by atoms with Crippen molar-refractivity contribution >= 4 is 45.0 Å². The third kappa shape index (κ3) is 10.3. The predicted molar refractivity (Wildman–Crippen MR) is 158 cm³/mol. The highest BCUT2D eigenvalue weighted by atomic mass is 79.9. The zero-order valence-electron chi connectivity index (χ0n) is 23.9. The van der Waals surface area contributed by atoms with Gasteiger partial charge in [-0.2, -0.15) is 26.3 Å². The number of carbonyl (C=O) groups excluding carboxylic acids is 2. The number of allylic oxidation sites excluding steroid dienone is 4. The standard InChI is InChI=1S/C31H28BrF7N2O4/c1-3-22(30(34,35)36)16-40-27(45-17-19-8-10-23(32)15-26(19)33)11-9-18-6-5-7-25(18)20-12-21(28(42)44-4-2)14-24(13-20)41-29(43)31(37,38)39/h3,8,10,12-16H,1,4-7,9,11,17H2,2H3,(H,41,43)/b22-16+,40-27?. The van der Waals surface area contributed by atoms with Gasteiger partial charge in [-0.15, -0.1) is 0 Å². The molecule has 0 radical (unpaired) electrons. The van der Waals surface area contributed by atoms with Gasteiger partial charge >= 0.3 is 24.2 Å². The van der Waals surface area contributed by atoms with Gasteiger partial charge in [0.2, 0.25) is 0 Å². The third-order valence-electron chi connectivity index (χ3n) is 6.58. The Labute approximate surface area is 262 Å². The molecule has 1 N–H and O–H groups in total. The van der Waals surface area contributed by atoms with Crippen LogP contribution in [0.3, 0.4) is 0 Å². The minimum absolute atomic E-state index is 0.00384. The maximum Gasteiger partial charge on any atom is 0.471 e. The lowest BCUT2D eigenvalue weighted by molar-refractivity contribution is -0.167. The van der Waals surface area contributed by atoms with Gasteiger partial charge in [-0.05, 0) is 74.1 Å². The fraction of sp³-hybridized carbons (Fsp3) is 0.323. The number of alkyl halides is 6. The molecule has 0 aromatic heterocycles. The molecule has 0 aliphatic heterocycles. The number of carbonyl (C=O) groups is 2. The number of ether oxygens (including phenoxy) is 2. The van der Waals surface area contributed by atoms with Crippen molar-refractivity contribution in [3.05, 3.63) is 93.4 Å². The summed E-state index contributed by atoms with van der Waals surface area (Å²) >= 11 is 3.15. The van der Waals surface area contributed by atoms with Crippen molar-refractivity contribution in [2.45, 2.75) is 58.0 Å². The zero-order chi connectivity index (χ0) is 33.4. The number of amides is 1. The highest BCUT2D eigenvalue weighted by molar-refractivity contribution is 9.10. The van der Waals surface area contributed by atoms with Crippen LogP contribution in [0.25, 0.3) is 5.57 Å². The van der Waals surface area contributed by atoms with Crippen molar-refractivity contribution in [2.75, 3.05) is 11.9 Å². The number of hydrogen-bond donors (Lipinski definition) is 1. The smallest absolute Gasteiger partial charge is 0.471 e. The maximum atomic E-state index is 14.4. The molecule has 1 aliphatic rings. The summed E-state index contributed by atoms with van der Waals surface area (Å²) < 4.78 is 104. The van der Waals surface area contributed by atoms with Crippen LogP contribution >= 0.6 is 15.9 Å². The maximum absolute atomic E-state index is 14.4. The molecule has 6 nitrogen and oxygen atoms in total. The second kappa shape index (κ2) is 15.4. The van der Waals surface area contributed by atoms with Crippen molar-refractivity contribution in [3.63, 3.8) is 0 Å². The molecule has 0 atom stereocenters. The number of nitrogens with one attached hydrogen (secondary N) is 1. The van der Waals surface area contributed by atoms with Crippen molar-refractivity contribution in [1.82, 2.24) is 0 Å². The van der Waals surface area contributed by atoms with E-state index in [1.54, 1.807) is 18.3 Å². The van der Waals surface area contributed by atoms with E-state index in [0.717, 1.165) is 11.6 Å². The average molecular weight is 705 g/mol. The largest absolute Gasteiger partial charge is 0.476 e. The SMILES string of the molecule is C=C/C(=C\N=C(CCC1=C(c2cc(NC(=O)C(F)(F)F)cc(C(=O)OCC)c2)CCC1)OCc1ccc(Br)cc1F)C(F)(F)F. The minimum atomic E-state index is -5.17. The number of esters is 1. The highest BCUT2D eigenvalue weighted by Gasteiger charge is 2.39. The van der Waals surface area contributed by atoms with E-state index in [1.165, 1.54) is 24.3 Å². The van der Waals surface area contributed by atoms with Gasteiger partial charge in [0.1, 0.15) is 12.4 Å². The molecule has 0 spiro atoms. The van der Waals surface area contributed by atoms with E-state index >= 15 is 0 Å². The lowest BCUT2D eigenvalue weighted by atomic mass is 9.97. The fourth-order valence-corrected chi connectivity index (χ4v) is 4.79. The van der Waals surface area contributed by atoms with E-state index in [1.807, 2.05) is 0 Å². The Bertz CT molecular complexity index is 1530. The van der Waals surface area contributed by atoms with Crippen molar-refractivity contribution in [2.24, 2.45) is 4.99 Å². The quantitative estimate of drug-likeness (QED) is 0.0832. The van der Waals surface area contributed by atoms with Crippen molar-refractivity contribution in [1.29, 1.82) is 0 Å². The van der Waals surface area contributed by atoms with E-state index in [-0.39, 0.29) is 48.8 Å². The van der Waals surface area contributed by atoms with Gasteiger partial charge in [-0.1, -0.05) is 40.2 Å². The minimum Gasteiger partial charge on any atom is -0.476 e. The van der Waals surface area contributed by atoms with Crippen LogP contribution in [0.2, 0.25) is 0 Å². The van der Waals surface area contributed by atoms with Crippen LogP contribution in [0.15, 0.2) is 75.9 Å². The first-order valence-electron chi connectivity index (χ1n) is 13.6. The van der Waals surface area contributed by atoms with Gasteiger partial charge in [-0.3, -0.25) is 4.79 Å². The second-order valence-electron chi connectivity index (χ2n) is 9.74. The highest BCUT2D eigenvalue weighted by Crippen LogP contribution is 2.38. The topological polar surface area (TPSA) is 77.0 Å². The van der Waals surface area contributed by atoms with E-state index in [2.05, 4.69) is 27.5 Å². The Hall–Kier alpha value is -3.94. The molecule has 1 amide bonds. The molecule has 45 heavy (non-hydrogen) atoms. The molecule has 0 saturated heterocycles. The summed E-state index contributed by atoms with van der Waals surface area (Å²) in [4.78, 5) is 28.0. The predicted octanol–water partition coefficient (Wildman–Crippen LogP) is 9.23. The molecule has 0 saturated carbocycles. The number of anilines is 1. The lowest BCUT2D eigenvalue weighted by Crippen LogP contribution is -2.30. The molecule has 0 bridgehead atoms. The molecule has 2 aromatic carbocycles. The average Bonchev–Trinajstić information content (AvgIpc) is 3.42. The van der Waals surface area contributed by atoms with Crippen molar-refractivity contribution < 1.29 is 49.8 Å². The molecule has 0 heterocycles. The number of rotatable bonds is 11. The van der Waals surface area contributed by atoms with Crippen LogP contribution in [0.1, 0.15) is 60.5 Å². The first-order chi connectivity index (χ1) is 21.1. The summed E-state index contributed by atoms with van der Waals surface area (Å²) in [6.45, 7) is 4.40. The van der Waals surface area contributed by atoms with Crippen LogP contribution in [0.5, 0.6) is 0 Å². The Morgan fingerprint density at radius 3 is 2.40 bits per heavy atom. The van der Waals surface area contributed by atoms with Crippen LogP contribution in [-0.2, 0) is 20.9 Å². The second-order valence-corrected chi connectivity index (χ2v) is 10.7. The molecule has 0 fully saturated rings. The van der Waals surface area contributed by atoms with Crippen LogP contribution in [0, 0.1) is 5.82 Å². The molecular formula is C31H28BrF7N2O4. The molecule has 14 heteroatoms. The first kappa shape index (κ1) is 35.5. The third-order valence-corrected chi connectivity index (χ3v) is 7.08. The number of halogens is 8. The zero-order valence-corrected chi connectivity index (χ0v) is 25.5. The van der Waals surface area contributed by atoms with Gasteiger partial charge in [-0.25, -0.2) is 14.2 Å². The van der Waals surface area contributed by atoms with E-state index in [4.69, 9.17) is 9.47 Å². The Morgan fingerprint density at radius 2 is 1.78 bits per heavy atom. The Kier molecular flexibility index (Phi) is 12.1. The molecule has 0 unspecified atom stereocenters. The van der Waals surface area contributed by atoms with Gasteiger partial charge < -0.3 is 14.8 Å². The van der Waals surface area contributed by atoms with Gasteiger partial charge in [0, 0.05) is 28.3 Å². The summed E-state index contributed by atoms with van der Waals surface area (Å²) in [6.07, 6.45) is -6.88. The van der Waals surface area contributed by atoms with E-state index < -0.39 is 35.6 Å². The number of aliphatic imine (C=N–C) groups is 1. The molecule has 242 valence electrons. The number of nitrogens with zero attached hydrogens (tertiary/aromatic N) is 1. The Balaban J connectivity index is 1.95. The van der Waals surface area contributed by atoms with Crippen molar-refractivity contribution in [3.8, 4) is 0 Å². The first-order valence-corrected chi connectivity index (χ1v) is 14.4. The molecular weight excluding hydrogens is 677 g/mol. The van der Waals surface area contributed by atoms with Gasteiger partial charge in [0.25, 0.3) is 0 Å². The van der Waals surface area contributed by atoms with Gasteiger partial charge in [0.15, 0.2) is 5.90 Å². The van der Waals surface area contributed by atoms with Crippen LogP contribution in [-0.4, -0.2) is 36.7 Å². The molecule has 1 aliphatic carbocycles. The Morgan fingerprint density at radius 1 is 1.04 bits per heavy atom. The summed E-state index contributed by atoms with van der Waals surface area (Å²) in [5, 5.41) is 1.76.